The number of hydrogen-bond donors (Lipinski definition) is 2. The molecule has 7 heteroatoms. The lowest BCUT2D eigenvalue weighted by atomic mass is 10.1. The molecule has 0 aromatic carbocycles. The van der Waals surface area contributed by atoms with Gasteiger partial charge in [0.1, 0.15) is 0 Å². The van der Waals surface area contributed by atoms with Crippen molar-refractivity contribution in [2.45, 2.75) is 58.3 Å². The summed E-state index contributed by atoms with van der Waals surface area (Å²) in [6.07, 6.45) is 9.78. The lowest BCUT2D eigenvalue weighted by Crippen LogP contribution is -2.42. The van der Waals surface area contributed by atoms with Crippen molar-refractivity contribution in [3.8, 4) is 0 Å². The average molecular weight is 347 g/mol. The number of aliphatic imine (C=N–C) groups is 1. The van der Waals surface area contributed by atoms with Gasteiger partial charge in [0.05, 0.1) is 5.75 Å². The molecule has 0 spiro atoms. The Bertz CT molecular complexity index is 437. The number of sulfonamides is 1. The molecule has 0 radical (unpaired) electrons. The lowest BCUT2D eigenvalue weighted by Gasteiger charge is -2.16. The Morgan fingerprint density at radius 3 is 2.30 bits per heavy atom. The molecular formula is C16H34N4O2S. The van der Waals surface area contributed by atoms with Gasteiger partial charge in [0, 0.05) is 33.2 Å². The molecule has 0 bridgehead atoms. The smallest absolute Gasteiger partial charge is 0.214 e. The Balaban J connectivity index is 2.04. The fourth-order valence-corrected chi connectivity index (χ4v) is 4.28. The predicted octanol–water partition coefficient (Wildman–Crippen LogP) is 1.94. The van der Waals surface area contributed by atoms with Crippen molar-refractivity contribution < 1.29 is 8.42 Å². The van der Waals surface area contributed by atoms with E-state index in [2.05, 4.69) is 22.5 Å². The van der Waals surface area contributed by atoms with E-state index in [1.165, 1.54) is 38.5 Å². The normalized spacial score (nSPS) is 18.3. The minimum atomic E-state index is -2.99. The van der Waals surface area contributed by atoms with Crippen LogP contribution in [-0.2, 0) is 10.0 Å². The van der Waals surface area contributed by atoms with Crippen LogP contribution in [0.3, 0.4) is 0 Å². The summed E-state index contributed by atoms with van der Waals surface area (Å²) in [6, 6.07) is 0. The van der Waals surface area contributed by atoms with Crippen LogP contribution in [0.25, 0.3) is 0 Å². The van der Waals surface area contributed by atoms with Crippen molar-refractivity contribution in [1.29, 1.82) is 0 Å². The predicted molar refractivity (Wildman–Crippen MR) is 97.3 cm³/mol. The molecule has 1 rings (SSSR count). The Labute approximate surface area is 142 Å². The highest BCUT2D eigenvalue weighted by Crippen LogP contribution is 2.11. The van der Waals surface area contributed by atoms with Gasteiger partial charge >= 0.3 is 0 Å². The van der Waals surface area contributed by atoms with Crippen molar-refractivity contribution >= 4 is 16.0 Å². The summed E-state index contributed by atoms with van der Waals surface area (Å²) in [5.41, 5.74) is 0. The summed E-state index contributed by atoms with van der Waals surface area (Å²) in [5, 5.41) is 6.47. The van der Waals surface area contributed by atoms with Gasteiger partial charge in [0.25, 0.3) is 0 Å². The topological polar surface area (TPSA) is 73.8 Å². The van der Waals surface area contributed by atoms with Gasteiger partial charge in [-0.15, -0.1) is 0 Å². The molecule has 0 unspecified atom stereocenters. The maximum absolute atomic E-state index is 11.7. The molecule has 6 nitrogen and oxygen atoms in total. The third-order valence-corrected chi connectivity index (χ3v) is 6.11. The minimum Gasteiger partial charge on any atom is -0.356 e. The Hall–Kier alpha value is -0.820. The molecule has 0 atom stereocenters. The second-order valence-corrected chi connectivity index (χ2v) is 8.20. The first-order chi connectivity index (χ1) is 11.1. The lowest BCUT2D eigenvalue weighted by molar-refractivity contribution is 0.445. The van der Waals surface area contributed by atoms with Crippen LogP contribution in [0.2, 0.25) is 0 Å². The van der Waals surface area contributed by atoms with Crippen LogP contribution in [0.4, 0.5) is 0 Å². The Kier molecular flexibility index (Phi) is 10.3. The van der Waals surface area contributed by atoms with Crippen LogP contribution in [-0.4, -0.2) is 57.7 Å². The van der Waals surface area contributed by atoms with Crippen molar-refractivity contribution in [3.63, 3.8) is 0 Å². The van der Waals surface area contributed by atoms with E-state index in [1.54, 1.807) is 11.4 Å². The number of nitrogens with zero attached hydrogens (tertiary/aromatic N) is 2. The van der Waals surface area contributed by atoms with Gasteiger partial charge in [0.2, 0.25) is 10.0 Å². The molecule has 0 amide bonds. The quantitative estimate of drug-likeness (QED) is 0.341. The van der Waals surface area contributed by atoms with Gasteiger partial charge in [-0.2, -0.15) is 0 Å². The molecule has 0 aliphatic carbocycles. The van der Waals surface area contributed by atoms with Gasteiger partial charge in [-0.3, -0.25) is 4.99 Å². The summed E-state index contributed by atoms with van der Waals surface area (Å²) >= 11 is 0. The van der Waals surface area contributed by atoms with E-state index in [0.717, 1.165) is 25.3 Å². The fraction of sp³-hybridized carbons (Fsp3) is 0.938. The second kappa shape index (κ2) is 11.7. The molecular weight excluding hydrogens is 312 g/mol. The van der Waals surface area contributed by atoms with Gasteiger partial charge < -0.3 is 10.6 Å². The average Bonchev–Trinajstić information content (AvgIpc) is 2.86. The molecule has 0 aromatic rings. The number of unbranched alkanes of at least 4 members (excludes halogenated alkanes) is 6. The zero-order valence-electron chi connectivity index (χ0n) is 14.8. The summed E-state index contributed by atoms with van der Waals surface area (Å²) in [7, 11) is -1.25. The van der Waals surface area contributed by atoms with Gasteiger partial charge in [-0.25, -0.2) is 12.7 Å². The minimum absolute atomic E-state index is 0.290. The van der Waals surface area contributed by atoms with Crippen molar-refractivity contribution in [3.05, 3.63) is 0 Å². The first-order valence-corrected chi connectivity index (χ1v) is 10.6. The van der Waals surface area contributed by atoms with Gasteiger partial charge in [0.15, 0.2) is 5.96 Å². The molecule has 1 saturated heterocycles. The third kappa shape index (κ3) is 8.55. The zero-order chi connectivity index (χ0) is 17.0. The van der Waals surface area contributed by atoms with Crippen molar-refractivity contribution in [2.24, 2.45) is 4.99 Å². The molecule has 136 valence electrons. The summed E-state index contributed by atoms with van der Waals surface area (Å²) in [5.74, 6) is 1.05. The zero-order valence-corrected chi connectivity index (χ0v) is 15.6. The summed E-state index contributed by atoms with van der Waals surface area (Å²) in [4.78, 5) is 4.17. The number of nitrogens with one attached hydrogen (secondary N) is 2. The maximum atomic E-state index is 11.7. The molecule has 2 N–H and O–H groups in total. The fourth-order valence-electron chi connectivity index (χ4n) is 2.75. The number of hydrogen-bond acceptors (Lipinski definition) is 3. The maximum Gasteiger partial charge on any atom is 0.214 e. The molecule has 1 aliphatic heterocycles. The highest BCUT2D eigenvalue weighted by molar-refractivity contribution is 7.89. The second-order valence-electron chi connectivity index (χ2n) is 6.12. The van der Waals surface area contributed by atoms with Crippen molar-refractivity contribution in [1.82, 2.24) is 14.9 Å². The van der Waals surface area contributed by atoms with E-state index in [-0.39, 0.29) is 5.75 Å². The molecule has 0 aromatic heterocycles. The number of rotatable bonds is 11. The Morgan fingerprint density at radius 1 is 1.04 bits per heavy atom. The molecule has 1 fully saturated rings. The Morgan fingerprint density at radius 2 is 1.70 bits per heavy atom. The summed E-state index contributed by atoms with van der Waals surface area (Å²) in [6.45, 7) is 4.90. The largest absolute Gasteiger partial charge is 0.356 e. The van der Waals surface area contributed by atoms with Crippen LogP contribution in [0.5, 0.6) is 0 Å². The standard InChI is InChI=1S/C16H34N4O2S/c1-3-4-5-6-7-8-9-11-18-16(17-2)19-12-14-20-13-10-15-23(20,21)22/h3-15H2,1-2H3,(H2,17,18,19). The molecule has 0 saturated carbocycles. The molecule has 1 aliphatic rings. The molecule has 23 heavy (non-hydrogen) atoms. The van der Waals surface area contributed by atoms with E-state index >= 15 is 0 Å². The van der Waals surface area contributed by atoms with Crippen LogP contribution in [0.15, 0.2) is 4.99 Å². The summed E-state index contributed by atoms with van der Waals surface area (Å²) < 4.78 is 25.0. The first kappa shape index (κ1) is 20.2. The third-order valence-electron chi connectivity index (χ3n) is 4.15. The van der Waals surface area contributed by atoms with Crippen molar-refractivity contribution in [2.75, 3.05) is 39.0 Å². The highest BCUT2D eigenvalue weighted by Gasteiger charge is 2.27. The monoisotopic (exact) mass is 346 g/mol. The highest BCUT2D eigenvalue weighted by atomic mass is 32.2. The van der Waals surface area contributed by atoms with E-state index in [0.29, 0.717) is 19.6 Å². The molecule has 1 heterocycles. The van der Waals surface area contributed by atoms with E-state index in [9.17, 15) is 8.42 Å². The number of guanidine groups is 1. The first-order valence-electron chi connectivity index (χ1n) is 9.02. The van der Waals surface area contributed by atoms with Crippen LogP contribution in [0.1, 0.15) is 58.3 Å². The van der Waals surface area contributed by atoms with Gasteiger partial charge in [-0.05, 0) is 12.8 Å². The van der Waals surface area contributed by atoms with E-state index in [4.69, 9.17) is 0 Å². The van der Waals surface area contributed by atoms with Crippen LogP contribution in [0, 0.1) is 0 Å². The van der Waals surface area contributed by atoms with Crippen LogP contribution >= 0.6 is 0 Å². The van der Waals surface area contributed by atoms with Gasteiger partial charge in [-0.1, -0.05) is 45.4 Å². The SMILES string of the molecule is CCCCCCCCCNC(=NC)NCCN1CCCS1(=O)=O. The van der Waals surface area contributed by atoms with E-state index < -0.39 is 10.0 Å². The van der Waals surface area contributed by atoms with Crippen LogP contribution < -0.4 is 10.6 Å². The van der Waals surface area contributed by atoms with E-state index in [1.807, 2.05) is 0 Å².